The highest BCUT2D eigenvalue weighted by Gasteiger charge is 2.21. The van der Waals surface area contributed by atoms with Crippen LogP contribution in [0.15, 0.2) is 23.0 Å². The van der Waals surface area contributed by atoms with Gasteiger partial charge in [0, 0.05) is 17.8 Å². The number of nitrogens with zero attached hydrogens (tertiary/aromatic N) is 1. The first-order chi connectivity index (χ1) is 9.73. The second-order valence-electron chi connectivity index (χ2n) is 4.48. The quantitative estimate of drug-likeness (QED) is 0.927. The molecule has 0 radical (unpaired) electrons. The Bertz CT molecular complexity index is 792. The Balaban J connectivity index is 2.92. The molecule has 0 amide bonds. The number of hydrogen-bond donors (Lipinski definition) is 1. The number of carbonyl (C=O) groups is 1. The topological polar surface area (TPSA) is 59.3 Å². The Morgan fingerprint density at radius 3 is 2.38 bits per heavy atom. The molecule has 110 valence electrons. The van der Waals surface area contributed by atoms with Gasteiger partial charge >= 0.3 is 5.97 Å². The average Bonchev–Trinajstić information content (AvgIpc) is 2.30. The lowest BCUT2D eigenvalue weighted by Gasteiger charge is -2.16. The van der Waals surface area contributed by atoms with Crippen molar-refractivity contribution in [1.29, 1.82) is 0 Å². The van der Waals surface area contributed by atoms with E-state index >= 15 is 0 Å². The Kier molecular flexibility index (Phi) is 3.82. The summed E-state index contributed by atoms with van der Waals surface area (Å²) >= 11 is 5.80. The molecule has 7 heteroatoms. The molecule has 1 heterocycles. The van der Waals surface area contributed by atoms with Gasteiger partial charge in [-0.15, -0.1) is 0 Å². The van der Waals surface area contributed by atoms with Crippen LogP contribution in [0.2, 0.25) is 5.02 Å². The molecular formula is C14H10ClF2NO3. The van der Waals surface area contributed by atoms with Crippen LogP contribution in [0.1, 0.15) is 21.6 Å². The zero-order chi connectivity index (χ0) is 15.9. The number of rotatable bonds is 2. The zero-order valence-electron chi connectivity index (χ0n) is 11.1. The van der Waals surface area contributed by atoms with E-state index in [4.69, 9.17) is 11.6 Å². The SMILES string of the molecule is Cc1cc(=O)n(-c2c(F)cc(F)cc2Cl)c(C)c1C(=O)O. The minimum absolute atomic E-state index is 0.0138. The van der Waals surface area contributed by atoms with E-state index in [2.05, 4.69) is 0 Å². The van der Waals surface area contributed by atoms with Gasteiger partial charge in [0.15, 0.2) is 5.82 Å². The van der Waals surface area contributed by atoms with Crippen LogP contribution in [0.25, 0.3) is 5.69 Å². The van der Waals surface area contributed by atoms with E-state index in [0.717, 1.165) is 16.7 Å². The number of aryl methyl sites for hydroxylation is 1. The third-order valence-electron chi connectivity index (χ3n) is 3.07. The van der Waals surface area contributed by atoms with Gasteiger partial charge in [0.1, 0.15) is 11.5 Å². The first kappa shape index (κ1) is 15.2. The molecule has 1 N–H and O–H groups in total. The van der Waals surface area contributed by atoms with E-state index in [1.807, 2.05) is 0 Å². The van der Waals surface area contributed by atoms with E-state index in [0.29, 0.717) is 6.07 Å². The van der Waals surface area contributed by atoms with E-state index in [-0.39, 0.29) is 27.5 Å². The van der Waals surface area contributed by atoms with Crippen LogP contribution in [-0.4, -0.2) is 15.6 Å². The molecule has 0 aliphatic heterocycles. The van der Waals surface area contributed by atoms with Crippen molar-refractivity contribution in [3.63, 3.8) is 0 Å². The molecular weight excluding hydrogens is 304 g/mol. The second kappa shape index (κ2) is 5.29. The monoisotopic (exact) mass is 313 g/mol. The first-order valence-electron chi connectivity index (χ1n) is 5.85. The van der Waals surface area contributed by atoms with Crippen LogP contribution < -0.4 is 5.56 Å². The van der Waals surface area contributed by atoms with Crippen molar-refractivity contribution in [1.82, 2.24) is 4.57 Å². The van der Waals surface area contributed by atoms with Crippen LogP contribution in [0.4, 0.5) is 8.78 Å². The zero-order valence-corrected chi connectivity index (χ0v) is 11.8. The Hall–Kier alpha value is -2.21. The number of hydrogen-bond acceptors (Lipinski definition) is 2. The second-order valence-corrected chi connectivity index (χ2v) is 4.89. The van der Waals surface area contributed by atoms with Crippen molar-refractivity contribution >= 4 is 17.6 Å². The summed E-state index contributed by atoms with van der Waals surface area (Å²) in [5.74, 6) is -3.19. The highest BCUT2D eigenvalue weighted by Crippen LogP contribution is 2.26. The maximum atomic E-state index is 14.0. The molecule has 1 aromatic heterocycles. The largest absolute Gasteiger partial charge is 0.478 e. The molecule has 0 saturated heterocycles. The lowest BCUT2D eigenvalue weighted by Crippen LogP contribution is -2.25. The lowest BCUT2D eigenvalue weighted by molar-refractivity contribution is 0.0694. The van der Waals surface area contributed by atoms with Crippen molar-refractivity contribution in [2.75, 3.05) is 0 Å². The summed E-state index contributed by atoms with van der Waals surface area (Å²) in [6.07, 6.45) is 0. The summed E-state index contributed by atoms with van der Waals surface area (Å²) in [6, 6.07) is 2.50. The molecule has 2 rings (SSSR count). The van der Waals surface area contributed by atoms with Gasteiger partial charge in [-0.05, 0) is 25.5 Å². The summed E-state index contributed by atoms with van der Waals surface area (Å²) in [7, 11) is 0. The van der Waals surface area contributed by atoms with Crippen molar-refractivity contribution < 1.29 is 18.7 Å². The lowest BCUT2D eigenvalue weighted by atomic mass is 10.1. The highest BCUT2D eigenvalue weighted by atomic mass is 35.5. The Labute approximate surface area is 123 Å². The van der Waals surface area contributed by atoms with Crippen molar-refractivity contribution in [2.24, 2.45) is 0 Å². The predicted octanol–water partition coefficient (Wildman–Crippen LogP) is 3.08. The molecule has 0 bridgehead atoms. The van der Waals surface area contributed by atoms with Crippen molar-refractivity contribution in [2.45, 2.75) is 13.8 Å². The number of halogens is 3. The first-order valence-corrected chi connectivity index (χ1v) is 6.23. The summed E-state index contributed by atoms with van der Waals surface area (Å²) in [6.45, 7) is 2.82. The van der Waals surface area contributed by atoms with Crippen LogP contribution in [0, 0.1) is 25.5 Å². The summed E-state index contributed by atoms with van der Waals surface area (Å²) in [5, 5.41) is 8.87. The smallest absolute Gasteiger partial charge is 0.337 e. The molecule has 0 spiro atoms. The maximum Gasteiger partial charge on any atom is 0.337 e. The van der Waals surface area contributed by atoms with Gasteiger partial charge in [-0.25, -0.2) is 13.6 Å². The predicted molar refractivity (Wildman–Crippen MR) is 73.4 cm³/mol. The van der Waals surface area contributed by atoms with Crippen molar-refractivity contribution in [3.8, 4) is 5.69 Å². The molecule has 4 nitrogen and oxygen atoms in total. The fourth-order valence-electron chi connectivity index (χ4n) is 2.23. The van der Waals surface area contributed by atoms with Crippen LogP contribution in [0.3, 0.4) is 0 Å². The fourth-order valence-corrected chi connectivity index (χ4v) is 2.51. The molecule has 1 aromatic carbocycles. The number of benzene rings is 1. The van der Waals surface area contributed by atoms with E-state index in [9.17, 15) is 23.5 Å². The number of carboxylic acids is 1. The maximum absolute atomic E-state index is 14.0. The minimum Gasteiger partial charge on any atom is -0.478 e. The third kappa shape index (κ3) is 2.54. The molecule has 0 atom stereocenters. The minimum atomic E-state index is -1.25. The fraction of sp³-hybridized carbons (Fsp3) is 0.143. The van der Waals surface area contributed by atoms with Gasteiger partial charge < -0.3 is 5.11 Å². The van der Waals surface area contributed by atoms with Gasteiger partial charge in [-0.3, -0.25) is 9.36 Å². The van der Waals surface area contributed by atoms with E-state index in [1.54, 1.807) is 0 Å². The summed E-state index contributed by atoms with van der Waals surface area (Å²) < 4.78 is 27.9. The number of pyridine rings is 1. The Morgan fingerprint density at radius 2 is 1.86 bits per heavy atom. The van der Waals surface area contributed by atoms with Crippen LogP contribution in [-0.2, 0) is 0 Å². The number of aromatic carboxylic acids is 1. The van der Waals surface area contributed by atoms with E-state index in [1.165, 1.54) is 13.8 Å². The molecule has 0 aliphatic carbocycles. The summed E-state index contributed by atoms with van der Waals surface area (Å²) in [4.78, 5) is 23.3. The molecule has 2 aromatic rings. The highest BCUT2D eigenvalue weighted by molar-refractivity contribution is 6.32. The van der Waals surface area contributed by atoms with Gasteiger partial charge in [-0.1, -0.05) is 11.6 Å². The summed E-state index contributed by atoms with van der Waals surface area (Å²) in [5.41, 5.74) is -0.889. The molecule has 21 heavy (non-hydrogen) atoms. The number of aromatic nitrogens is 1. The van der Waals surface area contributed by atoms with E-state index < -0.39 is 23.2 Å². The van der Waals surface area contributed by atoms with Gasteiger partial charge in [0.2, 0.25) is 0 Å². The van der Waals surface area contributed by atoms with Gasteiger partial charge in [0.05, 0.1) is 10.6 Å². The average molecular weight is 314 g/mol. The molecule has 0 fully saturated rings. The van der Waals surface area contributed by atoms with Gasteiger partial charge in [0.25, 0.3) is 5.56 Å². The van der Waals surface area contributed by atoms with Crippen LogP contribution in [0.5, 0.6) is 0 Å². The Morgan fingerprint density at radius 1 is 1.24 bits per heavy atom. The molecule has 0 saturated carbocycles. The molecule has 0 unspecified atom stereocenters. The normalized spacial score (nSPS) is 10.7. The number of carboxylic acid groups (broad SMARTS) is 1. The molecule has 0 aliphatic rings. The van der Waals surface area contributed by atoms with Crippen LogP contribution >= 0.6 is 11.6 Å². The third-order valence-corrected chi connectivity index (χ3v) is 3.36. The standard InChI is InChI=1S/C14H10ClF2NO3/c1-6-3-11(19)18(7(2)12(6)14(20)21)13-9(15)4-8(16)5-10(13)17/h3-5H,1-2H3,(H,20,21). The van der Waals surface area contributed by atoms with Gasteiger partial charge in [-0.2, -0.15) is 0 Å². The van der Waals surface area contributed by atoms with Crippen molar-refractivity contribution in [3.05, 3.63) is 62.0 Å².